The molecule has 5 rings (SSSR count). The molecule has 0 radical (unpaired) electrons. The van der Waals surface area contributed by atoms with Crippen molar-refractivity contribution < 1.29 is 27.9 Å². The van der Waals surface area contributed by atoms with Gasteiger partial charge in [-0.25, -0.2) is 4.79 Å². The predicted molar refractivity (Wildman–Crippen MR) is 117 cm³/mol. The van der Waals surface area contributed by atoms with E-state index in [2.05, 4.69) is 6.92 Å². The number of hydrogen-bond donors (Lipinski definition) is 1. The fourth-order valence-electron chi connectivity index (χ4n) is 7.17. The Morgan fingerprint density at radius 2 is 1.67 bits per heavy atom. The SMILES string of the molecule is C[C@]12CC[C@@H]3c4ccc(C(=O)O)cc4CC[C@H]3[C@@H]1CC[C@@H]2C(=O)c1ccc(C(F)(F)F)cc1. The number of carboxylic acid groups (broad SMARTS) is 1. The molecule has 0 spiro atoms. The lowest BCUT2D eigenvalue weighted by Gasteiger charge is -2.50. The minimum absolute atomic E-state index is 0.0329. The molecule has 6 heteroatoms. The summed E-state index contributed by atoms with van der Waals surface area (Å²) in [4.78, 5) is 24.7. The molecule has 2 aromatic carbocycles. The molecule has 3 aliphatic rings. The second-order valence-electron chi connectivity index (χ2n) is 10.2. The summed E-state index contributed by atoms with van der Waals surface area (Å²) in [6.07, 6.45) is 1.01. The largest absolute Gasteiger partial charge is 0.478 e. The average molecular weight is 457 g/mol. The Hall–Kier alpha value is -2.63. The molecule has 2 aromatic rings. The van der Waals surface area contributed by atoms with Crippen molar-refractivity contribution in [2.75, 3.05) is 0 Å². The second kappa shape index (κ2) is 7.71. The van der Waals surface area contributed by atoms with Crippen LogP contribution in [-0.2, 0) is 12.6 Å². The molecule has 5 atom stereocenters. The van der Waals surface area contributed by atoms with E-state index in [0.29, 0.717) is 28.9 Å². The number of carbonyl (C=O) groups excluding carboxylic acids is 1. The molecule has 0 unspecified atom stereocenters. The van der Waals surface area contributed by atoms with E-state index in [4.69, 9.17) is 0 Å². The third-order valence-electron chi connectivity index (χ3n) is 8.79. The van der Waals surface area contributed by atoms with Gasteiger partial charge in [-0.05, 0) is 97.1 Å². The first kappa shape index (κ1) is 22.2. The smallest absolute Gasteiger partial charge is 0.416 e. The summed E-state index contributed by atoms with van der Waals surface area (Å²) >= 11 is 0. The third-order valence-corrected chi connectivity index (χ3v) is 8.79. The Morgan fingerprint density at radius 1 is 0.970 bits per heavy atom. The summed E-state index contributed by atoms with van der Waals surface area (Å²) in [5, 5.41) is 9.32. The number of benzene rings is 2. The summed E-state index contributed by atoms with van der Waals surface area (Å²) in [6, 6.07) is 10.1. The van der Waals surface area contributed by atoms with Crippen molar-refractivity contribution in [3.8, 4) is 0 Å². The second-order valence-corrected chi connectivity index (χ2v) is 10.2. The van der Waals surface area contributed by atoms with Gasteiger partial charge in [0, 0.05) is 11.5 Å². The van der Waals surface area contributed by atoms with Crippen molar-refractivity contribution in [2.24, 2.45) is 23.2 Å². The Kier molecular flexibility index (Phi) is 5.18. The molecule has 0 bridgehead atoms. The van der Waals surface area contributed by atoms with Crippen molar-refractivity contribution in [1.82, 2.24) is 0 Å². The van der Waals surface area contributed by atoms with Crippen LogP contribution < -0.4 is 0 Å². The van der Waals surface area contributed by atoms with Crippen LogP contribution in [0.1, 0.15) is 82.4 Å². The first-order valence-corrected chi connectivity index (χ1v) is 11.7. The Bertz CT molecular complexity index is 1100. The summed E-state index contributed by atoms with van der Waals surface area (Å²) in [7, 11) is 0. The van der Waals surface area contributed by atoms with Crippen molar-refractivity contribution in [3.05, 3.63) is 70.3 Å². The molecule has 3 nitrogen and oxygen atoms in total. The highest BCUT2D eigenvalue weighted by Gasteiger charge is 2.56. The summed E-state index contributed by atoms with van der Waals surface area (Å²) < 4.78 is 38.7. The van der Waals surface area contributed by atoms with E-state index in [0.717, 1.165) is 56.2 Å². The first-order chi connectivity index (χ1) is 15.6. The lowest BCUT2D eigenvalue weighted by atomic mass is 9.53. The molecule has 1 N–H and O–H groups in total. The number of halogens is 3. The highest BCUT2D eigenvalue weighted by Crippen LogP contribution is 2.63. The van der Waals surface area contributed by atoms with Crippen molar-refractivity contribution >= 4 is 11.8 Å². The number of carbonyl (C=O) groups is 2. The zero-order valence-corrected chi connectivity index (χ0v) is 18.5. The number of carboxylic acids is 1. The maximum Gasteiger partial charge on any atom is 0.416 e. The Balaban J connectivity index is 1.38. The van der Waals surface area contributed by atoms with E-state index in [1.165, 1.54) is 17.7 Å². The van der Waals surface area contributed by atoms with Crippen LogP contribution in [0.2, 0.25) is 0 Å². The topological polar surface area (TPSA) is 54.4 Å². The molecule has 0 aromatic heterocycles. The summed E-state index contributed by atoms with van der Waals surface area (Å²) in [6.45, 7) is 2.20. The first-order valence-electron chi connectivity index (χ1n) is 11.7. The molecule has 33 heavy (non-hydrogen) atoms. The standard InChI is InChI=1S/C27H27F3O3/c1-26-13-12-20-19-8-5-17(25(32)33)14-16(19)4-9-21(20)22(26)10-11-23(26)24(31)15-2-6-18(7-3-15)27(28,29)30/h2-3,5-8,14,20-23H,4,9-13H2,1H3,(H,32,33)/t20-,21-,22+,23-,26+/m1/s1. The van der Waals surface area contributed by atoms with Gasteiger partial charge < -0.3 is 5.11 Å². The van der Waals surface area contributed by atoms with Gasteiger partial charge in [-0.15, -0.1) is 0 Å². The van der Waals surface area contributed by atoms with E-state index in [9.17, 15) is 27.9 Å². The summed E-state index contributed by atoms with van der Waals surface area (Å²) in [5.41, 5.74) is 2.20. The van der Waals surface area contributed by atoms with Gasteiger partial charge in [0.1, 0.15) is 0 Å². The zero-order chi connectivity index (χ0) is 23.5. The van der Waals surface area contributed by atoms with E-state index >= 15 is 0 Å². The number of ketones is 1. The van der Waals surface area contributed by atoms with Crippen LogP contribution in [0.25, 0.3) is 0 Å². The molecule has 3 aliphatic carbocycles. The molecule has 2 saturated carbocycles. The minimum atomic E-state index is -4.41. The van der Waals surface area contributed by atoms with E-state index in [1.54, 1.807) is 6.07 Å². The van der Waals surface area contributed by atoms with Gasteiger partial charge in [-0.3, -0.25) is 4.79 Å². The van der Waals surface area contributed by atoms with Gasteiger partial charge in [0.25, 0.3) is 0 Å². The average Bonchev–Trinajstić information content (AvgIpc) is 3.14. The maximum absolute atomic E-state index is 13.4. The normalized spacial score (nSPS) is 30.8. The summed E-state index contributed by atoms with van der Waals surface area (Å²) in [5.74, 6) is 0.126. The van der Waals surface area contributed by atoms with Crippen LogP contribution in [0, 0.1) is 23.2 Å². The van der Waals surface area contributed by atoms with Gasteiger partial charge >= 0.3 is 12.1 Å². The molecule has 0 saturated heterocycles. The number of alkyl halides is 3. The molecular formula is C27H27F3O3. The van der Waals surface area contributed by atoms with Crippen LogP contribution in [-0.4, -0.2) is 16.9 Å². The molecule has 174 valence electrons. The van der Waals surface area contributed by atoms with Crippen LogP contribution in [0.15, 0.2) is 42.5 Å². The number of aromatic carboxylic acids is 1. The van der Waals surface area contributed by atoms with Crippen LogP contribution >= 0.6 is 0 Å². The lowest BCUT2D eigenvalue weighted by molar-refractivity contribution is -0.137. The quantitative estimate of drug-likeness (QED) is 0.519. The van der Waals surface area contributed by atoms with Crippen LogP contribution in [0.5, 0.6) is 0 Å². The van der Waals surface area contributed by atoms with Gasteiger partial charge in [-0.2, -0.15) is 13.2 Å². The Labute approximate surface area is 191 Å². The Morgan fingerprint density at radius 3 is 2.33 bits per heavy atom. The molecule has 0 aliphatic heterocycles. The fraction of sp³-hybridized carbons (Fsp3) is 0.481. The van der Waals surface area contributed by atoms with Crippen LogP contribution in [0.4, 0.5) is 13.2 Å². The number of rotatable bonds is 3. The van der Waals surface area contributed by atoms with Gasteiger partial charge in [-0.1, -0.05) is 25.1 Å². The van der Waals surface area contributed by atoms with E-state index < -0.39 is 17.7 Å². The molecule has 2 fully saturated rings. The van der Waals surface area contributed by atoms with Gasteiger partial charge in [0.2, 0.25) is 0 Å². The van der Waals surface area contributed by atoms with Crippen molar-refractivity contribution in [1.29, 1.82) is 0 Å². The monoisotopic (exact) mass is 456 g/mol. The van der Waals surface area contributed by atoms with E-state index in [-0.39, 0.29) is 17.1 Å². The third kappa shape index (κ3) is 3.58. The van der Waals surface area contributed by atoms with Gasteiger partial charge in [0.15, 0.2) is 5.78 Å². The molecular weight excluding hydrogens is 429 g/mol. The predicted octanol–water partition coefficient (Wildman–Crippen LogP) is 6.76. The number of fused-ring (bicyclic) bond motifs is 5. The number of hydrogen-bond acceptors (Lipinski definition) is 2. The van der Waals surface area contributed by atoms with E-state index in [1.807, 2.05) is 12.1 Å². The number of aryl methyl sites for hydroxylation is 1. The highest BCUT2D eigenvalue weighted by atomic mass is 19.4. The lowest BCUT2D eigenvalue weighted by Crippen LogP contribution is -2.44. The van der Waals surface area contributed by atoms with Crippen molar-refractivity contribution in [3.63, 3.8) is 0 Å². The fourth-order valence-corrected chi connectivity index (χ4v) is 7.17. The number of Topliss-reactive ketones (excluding diaryl/α,β-unsaturated/α-hetero) is 1. The molecule has 0 amide bonds. The van der Waals surface area contributed by atoms with Crippen LogP contribution in [0.3, 0.4) is 0 Å². The van der Waals surface area contributed by atoms with Crippen molar-refractivity contribution in [2.45, 2.75) is 57.5 Å². The highest BCUT2D eigenvalue weighted by molar-refractivity contribution is 5.98. The van der Waals surface area contributed by atoms with Gasteiger partial charge in [0.05, 0.1) is 11.1 Å². The molecule has 0 heterocycles. The zero-order valence-electron chi connectivity index (χ0n) is 18.5. The maximum atomic E-state index is 13.4. The minimum Gasteiger partial charge on any atom is -0.478 e.